The molecule has 1 aliphatic rings. The van der Waals surface area contributed by atoms with E-state index in [0.29, 0.717) is 6.04 Å². The zero-order valence-electron chi connectivity index (χ0n) is 11.1. The first-order valence-electron chi connectivity index (χ1n) is 6.72. The fourth-order valence-electron chi connectivity index (χ4n) is 2.42. The zero-order valence-corrected chi connectivity index (χ0v) is 11.1. The zero-order chi connectivity index (χ0) is 13.8. The van der Waals surface area contributed by atoms with Gasteiger partial charge in [0.05, 0.1) is 17.9 Å². The lowest BCUT2D eigenvalue weighted by Crippen LogP contribution is -2.14. The van der Waals surface area contributed by atoms with Crippen molar-refractivity contribution >= 4 is 0 Å². The maximum absolute atomic E-state index is 5.12. The molecule has 0 unspecified atom stereocenters. The first kappa shape index (κ1) is 12.5. The standard InChI is InChI=1S/C17H15N3/c1-2-3-5-13-7-9-14(10-8-13)16-12-19-17(20-16)15-6-4-11-18-15/h1,7-10,12,15,18H,4,6,11H2,(H,19,20)/t15-/m0/s1. The van der Waals surface area contributed by atoms with Crippen LogP contribution in [-0.4, -0.2) is 16.5 Å². The molecule has 3 rings (SSSR count). The SMILES string of the molecule is C#CC#Cc1ccc(-c2cnc([C@@H]3CCCN3)[nH]2)cc1. The van der Waals surface area contributed by atoms with Crippen molar-refractivity contribution in [3.05, 3.63) is 41.9 Å². The van der Waals surface area contributed by atoms with Crippen LogP contribution in [0.1, 0.15) is 30.3 Å². The molecule has 20 heavy (non-hydrogen) atoms. The third-order valence-corrected chi connectivity index (χ3v) is 3.46. The lowest BCUT2D eigenvalue weighted by molar-refractivity contribution is 0.613. The number of nitrogens with zero attached hydrogens (tertiary/aromatic N) is 1. The summed E-state index contributed by atoms with van der Waals surface area (Å²) in [6.45, 7) is 1.07. The Morgan fingerprint density at radius 3 is 2.80 bits per heavy atom. The van der Waals surface area contributed by atoms with Crippen LogP contribution in [0.4, 0.5) is 0 Å². The van der Waals surface area contributed by atoms with E-state index in [0.717, 1.165) is 35.6 Å². The van der Waals surface area contributed by atoms with Crippen molar-refractivity contribution in [3.8, 4) is 35.4 Å². The van der Waals surface area contributed by atoms with E-state index in [9.17, 15) is 0 Å². The van der Waals surface area contributed by atoms with E-state index in [1.807, 2.05) is 30.5 Å². The predicted molar refractivity (Wildman–Crippen MR) is 79.7 cm³/mol. The van der Waals surface area contributed by atoms with Crippen molar-refractivity contribution in [1.82, 2.24) is 15.3 Å². The largest absolute Gasteiger partial charge is 0.341 e. The van der Waals surface area contributed by atoms with E-state index in [4.69, 9.17) is 6.42 Å². The fourth-order valence-corrected chi connectivity index (χ4v) is 2.42. The molecule has 1 aliphatic heterocycles. The van der Waals surface area contributed by atoms with Crippen LogP contribution in [0.3, 0.4) is 0 Å². The smallest absolute Gasteiger partial charge is 0.123 e. The summed E-state index contributed by atoms with van der Waals surface area (Å²) in [6.07, 6.45) is 9.36. The Bertz CT molecular complexity index is 686. The van der Waals surface area contributed by atoms with Crippen molar-refractivity contribution < 1.29 is 0 Å². The molecule has 1 aromatic carbocycles. The molecule has 1 saturated heterocycles. The fraction of sp³-hybridized carbons (Fsp3) is 0.235. The molecule has 0 amide bonds. The van der Waals surface area contributed by atoms with Gasteiger partial charge in [-0.3, -0.25) is 0 Å². The maximum atomic E-state index is 5.12. The monoisotopic (exact) mass is 261 g/mol. The van der Waals surface area contributed by atoms with E-state index in [1.54, 1.807) is 0 Å². The highest BCUT2D eigenvalue weighted by Crippen LogP contribution is 2.24. The molecule has 98 valence electrons. The lowest BCUT2D eigenvalue weighted by Gasteiger charge is -2.05. The van der Waals surface area contributed by atoms with E-state index in [-0.39, 0.29) is 0 Å². The van der Waals surface area contributed by atoms with Gasteiger partial charge in [0.15, 0.2) is 0 Å². The number of hydrogen-bond acceptors (Lipinski definition) is 2. The van der Waals surface area contributed by atoms with Crippen LogP contribution in [-0.2, 0) is 0 Å². The van der Waals surface area contributed by atoms with Gasteiger partial charge in [0, 0.05) is 5.56 Å². The molecule has 1 atom stereocenters. The Kier molecular flexibility index (Phi) is 3.54. The maximum Gasteiger partial charge on any atom is 0.123 e. The van der Waals surface area contributed by atoms with Gasteiger partial charge in [0.25, 0.3) is 0 Å². The molecule has 0 bridgehead atoms. The Balaban J connectivity index is 1.80. The van der Waals surface area contributed by atoms with Crippen molar-refractivity contribution in [2.75, 3.05) is 6.54 Å². The third kappa shape index (κ3) is 2.59. The molecule has 1 fully saturated rings. The average Bonchev–Trinajstić information content (AvgIpc) is 3.16. The minimum atomic E-state index is 0.365. The van der Waals surface area contributed by atoms with E-state index < -0.39 is 0 Å². The summed E-state index contributed by atoms with van der Waals surface area (Å²) in [7, 11) is 0. The van der Waals surface area contributed by atoms with Crippen LogP contribution in [0.2, 0.25) is 0 Å². The highest BCUT2D eigenvalue weighted by Gasteiger charge is 2.19. The second kappa shape index (κ2) is 5.65. The number of H-pyrrole nitrogens is 1. The number of terminal acetylenes is 1. The van der Waals surface area contributed by atoms with Crippen LogP contribution in [0.5, 0.6) is 0 Å². The third-order valence-electron chi connectivity index (χ3n) is 3.46. The summed E-state index contributed by atoms with van der Waals surface area (Å²) >= 11 is 0. The molecule has 2 heterocycles. The summed E-state index contributed by atoms with van der Waals surface area (Å²) in [5.74, 6) is 8.85. The van der Waals surface area contributed by atoms with Crippen LogP contribution in [0.25, 0.3) is 11.3 Å². The van der Waals surface area contributed by atoms with Crippen molar-refractivity contribution in [1.29, 1.82) is 0 Å². The van der Waals surface area contributed by atoms with Crippen molar-refractivity contribution in [2.45, 2.75) is 18.9 Å². The summed E-state index contributed by atoms with van der Waals surface area (Å²) in [4.78, 5) is 7.87. The molecule has 0 spiro atoms. The van der Waals surface area contributed by atoms with Gasteiger partial charge in [0.2, 0.25) is 0 Å². The molecule has 0 radical (unpaired) electrons. The quantitative estimate of drug-likeness (QED) is 0.815. The first-order valence-corrected chi connectivity index (χ1v) is 6.72. The number of aromatic amines is 1. The minimum absolute atomic E-state index is 0.365. The molecule has 0 saturated carbocycles. The van der Waals surface area contributed by atoms with E-state index in [1.165, 1.54) is 6.42 Å². The van der Waals surface area contributed by atoms with Gasteiger partial charge >= 0.3 is 0 Å². The van der Waals surface area contributed by atoms with Gasteiger partial charge in [-0.15, -0.1) is 6.42 Å². The summed E-state index contributed by atoms with van der Waals surface area (Å²) in [5, 5.41) is 3.44. The van der Waals surface area contributed by atoms with E-state index in [2.05, 4.69) is 33.0 Å². The van der Waals surface area contributed by atoms with Crippen molar-refractivity contribution in [3.63, 3.8) is 0 Å². The summed E-state index contributed by atoms with van der Waals surface area (Å²) in [5.41, 5.74) is 3.06. The topological polar surface area (TPSA) is 40.7 Å². The number of nitrogens with one attached hydrogen (secondary N) is 2. The van der Waals surface area contributed by atoms with Gasteiger partial charge in [-0.1, -0.05) is 18.1 Å². The average molecular weight is 261 g/mol. The predicted octanol–water partition coefficient (Wildman–Crippen LogP) is 2.49. The normalized spacial score (nSPS) is 17.2. The number of aromatic nitrogens is 2. The Hall–Kier alpha value is -2.49. The molecule has 1 aromatic heterocycles. The van der Waals surface area contributed by atoms with Crippen LogP contribution in [0, 0.1) is 24.2 Å². The number of benzene rings is 1. The number of hydrogen-bond donors (Lipinski definition) is 2. The number of rotatable bonds is 2. The van der Waals surface area contributed by atoms with Crippen molar-refractivity contribution in [2.24, 2.45) is 0 Å². The van der Waals surface area contributed by atoms with Gasteiger partial charge in [-0.05, 0) is 48.9 Å². The molecule has 3 nitrogen and oxygen atoms in total. The van der Waals surface area contributed by atoms with Gasteiger partial charge in [0.1, 0.15) is 5.82 Å². The highest BCUT2D eigenvalue weighted by atomic mass is 15.0. The van der Waals surface area contributed by atoms with Crippen LogP contribution in [0.15, 0.2) is 30.5 Å². The minimum Gasteiger partial charge on any atom is -0.341 e. The second-order valence-electron chi connectivity index (χ2n) is 4.80. The molecular formula is C17H15N3. The molecule has 3 heteroatoms. The lowest BCUT2D eigenvalue weighted by atomic mass is 10.1. The molecule has 0 aliphatic carbocycles. The summed E-state index contributed by atoms with van der Waals surface area (Å²) in [6, 6.07) is 8.35. The van der Waals surface area contributed by atoms with Crippen LogP contribution < -0.4 is 5.32 Å². The van der Waals surface area contributed by atoms with E-state index >= 15 is 0 Å². The summed E-state index contributed by atoms with van der Waals surface area (Å²) < 4.78 is 0. The molecule has 2 aromatic rings. The first-order chi connectivity index (χ1) is 9.86. The molecular weight excluding hydrogens is 246 g/mol. The number of imidazole rings is 1. The van der Waals surface area contributed by atoms with Gasteiger partial charge < -0.3 is 10.3 Å². The Morgan fingerprint density at radius 2 is 2.10 bits per heavy atom. The Morgan fingerprint density at radius 1 is 1.25 bits per heavy atom. The molecule has 2 N–H and O–H groups in total. The highest BCUT2D eigenvalue weighted by molar-refractivity contribution is 5.60. The van der Waals surface area contributed by atoms with Gasteiger partial charge in [-0.25, -0.2) is 4.98 Å². The second-order valence-corrected chi connectivity index (χ2v) is 4.80. The van der Waals surface area contributed by atoms with Crippen LogP contribution >= 0.6 is 0 Å². The Labute approximate surface area is 118 Å². The van der Waals surface area contributed by atoms with Gasteiger partial charge in [-0.2, -0.15) is 0 Å².